The first-order valence-corrected chi connectivity index (χ1v) is 31.4. The molecule has 7 aromatic carbocycles. The fraction of sp³-hybridized carbons (Fsp3) is 0.475. The summed E-state index contributed by atoms with van der Waals surface area (Å²) < 4.78 is 47.3. The van der Waals surface area contributed by atoms with Crippen LogP contribution in [0.4, 0.5) is 0 Å². The summed E-state index contributed by atoms with van der Waals surface area (Å²) in [7, 11) is 12.7. The topological polar surface area (TPSA) is 64.6 Å². The van der Waals surface area contributed by atoms with Crippen LogP contribution in [0, 0.1) is 6.92 Å². The van der Waals surface area contributed by atoms with Crippen molar-refractivity contribution >= 4 is 0 Å². The predicted octanol–water partition coefficient (Wildman–Crippen LogP) is 19.3. The molecule has 7 heteroatoms. The van der Waals surface area contributed by atoms with E-state index in [9.17, 15) is 0 Å². The number of benzene rings is 7. The van der Waals surface area contributed by atoms with Crippen molar-refractivity contribution in [2.45, 2.75) is 202 Å². The average molecular weight is 1180 g/mol. The van der Waals surface area contributed by atoms with Gasteiger partial charge in [-0.2, -0.15) is 0 Å². The van der Waals surface area contributed by atoms with Crippen molar-refractivity contribution in [3.05, 3.63) is 202 Å². The summed E-state index contributed by atoms with van der Waals surface area (Å²) in [6.07, 6.45) is 2.80. The van der Waals surface area contributed by atoms with Crippen LogP contribution in [0.3, 0.4) is 0 Å². The number of fused-ring (bicyclic) bond motifs is 12. The molecule has 7 aromatic rings. The monoisotopic (exact) mass is 1180 g/mol. The van der Waals surface area contributed by atoms with Gasteiger partial charge in [0, 0.05) is 54.7 Å². The second kappa shape index (κ2) is 24.6. The fourth-order valence-electron chi connectivity index (χ4n) is 12.9. The molecule has 0 amide bonds. The fourth-order valence-corrected chi connectivity index (χ4v) is 12.9. The van der Waals surface area contributed by atoms with Gasteiger partial charge in [0.25, 0.3) is 0 Å². The van der Waals surface area contributed by atoms with Gasteiger partial charge in [-0.15, -0.1) is 0 Å². The molecule has 0 N–H and O–H groups in total. The maximum atomic E-state index is 6.95. The molecule has 0 saturated carbocycles. The van der Waals surface area contributed by atoms with Gasteiger partial charge in [-0.1, -0.05) is 215 Å². The molecule has 1 aliphatic carbocycles. The predicted molar refractivity (Wildman–Crippen MR) is 363 cm³/mol. The normalized spacial score (nSPS) is 13.8. The van der Waals surface area contributed by atoms with Crippen LogP contribution in [0.15, 0.2) is 91.0 Å². The average Bonchev–Trinajstić information content (AvgIpc) is 1.11. The van der Waals surface area contributed by atoms with E-state index in [0.29, 0.717) is 32.1 Å². The molecule has 1 aliphatic rings. The third kappa shape index (κ3) is 13.9. The molecule has 0 aliphatic heterocycles. The maximum absolute atomic E-state index is 6.95. The summed E-state index contributed by atoms with van der Waals surface area (Å²) in [5, 5.41) is 0. The quantitative estimate of drug-likeness (QED) is 0.150. The largest absolute Gasteiger partial charge is 0.496 e. The summed E-state index contributed by atoms with van der Waals surface area (Å²) in [5.41, 5.74) is 21.1. The summed E-state index contributed by atoms with van der Waals surface area (Å²) in [4.78, 5) is 0. The van der Waals surface area contributed by atoms with Gasteiger partial charge in [0.1, 0.15) is 40.2 Å². The molecule has 0 radical (unpaired) electrons. The van der Waals surface area contributed by atoms with Crippen LogP contribution in [0.1, 0.15) is 242 Å². The molecule has 0 aromatic heterocycles. The van der Waals surface area contributed by atoms with Crippen LogP contribution >= 0.6 is 0 Å². The first-order valence-electron chi connectivity index (χ1n) is 31.4. The molecule has 0 spiro atoms. The van der Waals surface area contributed by atoms with Crippen LogP contribution in [-0.2, 0) is 64.6 Å². The van der Waals surface area contributed by atoms with Crippen LogP contribution in [-0.4, -0.2) is 49.8 Å². The molecule has 87 heavy (non-hydrogen) atoms. The minimum atomic E-state index is -0.428. The number of ether oxygens (including phenoxy) is 7. The zero-order valence-corrected chi connectivity index (χ0v) is 58.1. The maximum Gasteiger partial charge on any atom is 0.126 e. The second-order valence-electron chi connectivity index (χ2n) is 30.9. The van der Waals surface area contributed by atoms with E-state index in [-0.39, 0.29) is 32.5 Å². The molecule has 466 valence electrons. The highest BCUT2D eigenvalue weighted by atomic mass is 16.5. The lowest BCUT2D eigenvalue weighted by atomic mass is 9.75. The van der Waals surface area contributed by atoms with Crippen LogP contribution in [0.5, 0.6) is 40.2 Å². The van der Waals surface area contributed by atoms with Gasteiger partial charge >= 0.3 is 0 Å². The standard InChI is InChI=1S/C80H104O7/c1-47-27-28-67(81-20)64(29-47)68-65-45-62(79(14,15)16)43-56(73(65)86-25)33-54-41-60(77(8,9)10)39-52(71(54)84-23)31-50-37-58(75(2,3)4)35-48(69(50)82-21)30-49-36-59(76(5,6)7)38-51(70(49)83-22)32-53-40-61(78(11,12)13)42-55(72(53)85-24)34-57-44-63(80(17,18)19)46-66(68)74(57)87-26/h27-29,35-46,68H,30-34H2,1-26H3. The first-order chi connectivity index (χ1) is 40.5. The van der Waals surface area contributed by atoms with Gasteiger partial charge in [-0.25, -0.2) is 0 Å². The Morgan fingerprint density at radius 2 is 0.460 bits per heavy atom. The lowest BCUT2D eigenvalue weighted by Gasteiger charge is -2.32. The van der Waals surface area contributed by atoms with E-state index >= 15 is 0 Å². The van der Waals surface area contributed by atoms with E-state index < -0.39 is 5.92 Å². The van der Waals surface area contributed by atoms with Gasteiger partial charge in [0.15, 0.2) is 0 Å². The van der Waals surface area contributed by atoms with E-state index in [4.69, 9.17) is 33.2 Å². The van der Waals surface area contributed by atoms with Gasteiger partial charge in [0.2, 0.25) is 0 Å². The highest BCUT2D eigenvalue weighted by molar-refractivity contribution is 5.65. The Morgan fingerprint density at radius 1 is 0.253 bits per heavy atom. The van der Waals surface area contributed by atoms with E-state index in [2.05, 4.69) is 223 Å². The van der Waals surface area contributed by atoms with Crippen LogP contribution < -0.4 is 33.2 Å². The molecule has 0 fully saturated rings. The number of methoxy groups -OCH3 is 7. The lowest BCUT2D eigenvalue weighted by Crippen LogP contribution is -2.19. The van der Waals surface area contributed by atoms with E-state index in [1.54, 1.807) is 7.11 Å². The third-order valence-electron chi connectivity index (χ3n) is 18.0. The molecule has 8 rings (SSSR count). The van der Waals surface area contributed by atoms with E-state index in [0.717, 1.165) is 118 Å². The molecule has 0 saturated heterocycles. The van der Waals surface area contributed by atoms with Gasteiger partial charge in [-0.3, -0.25) is 0 Å². The minimum Gasteiger partial charge on any atom is -0.496 e. The van der Waals surface area contributed by atoms with Gasteiger partial charge < -0.3 is 33.2 Å². The van der Waals surface area contributed by atoms with Crippen molar-refractivity contribution < 1.29 is 33.2 Å². The summed E-state index contributed by atoms with van der Waals surface area (Å²) in [6.45, 7) is 43.6. The Morgan fingerprint density at radius 3 is 0.655 bits per heavy atom. The number of hydrogen-bond acceptors (Lipinski definition) is 7. The van der Waals surface area contributed by atoms with E-state index in [1.165, 1.54) is 33.4 Å². The number of aryl methyl sites for hydroxylation is 1. The lowest BCUT2D eigenvalue weighted by molar-refractivity contribution is 0.390. The molecule has 12 bridgehead atoms. The van der Waals surface area contributed by atoms with Crippen molar-refractivity contribution in [2.24, 2.45) is 0 Å². The molecule has 0 atom stereocenters. The minimum absolute atomic E-state index is 0.180. The Hall–Kier alpha value is -6.86. The highest BCUT2D eigenvalue weighted by Gasteiger charge is 2.35. The second-order valence-corrected chi connectivity index (χ2v) is 30.9. The third-order valence-corrected chi connectivity index (χ3v) is 18.0. The first kappa shape index (κ1) is 66.1. The summed E-state index contributed by atoms with van der Waals surface area (Å²) >= 11 is 0. The van der Waals surface area contributed by atoms with Crippen molar-refractivity contribution in [3.63, 3.8) is 0 Å². The van der Waals surface area contributed by atoms with Crippen molar-refractivity contribution in [1.29, 1.82) is 0 Å². The Labute approximate surface area is 524 Å². The summed E-state index contributed by atoms with van der Waals surface area (Å²) in [6, 6.07) is 35.0. The SMILES string of the molecule is COc1ccc(C)cc1C1c2cc(C(C)(C)C)cc(c2OC)Cc2cc(C(C)(C)C)cc(c2OC)Cc2cc(C(C)(C)C)cc(c2OC)Cc2cc(C(C)(C)C)cc(c2OC)Cc2cc(C(C)(C)C)cc(c2OC)Cc2cc(C(C)(C)C)cc1c2OC. The summed E-state index contributed by atoms with van der Waals surface area (Å²) in [5.74, 6) is 5.41. The number of hydrogen-bond donors (Lipinski definition) is 0. The zero-order valence-electron chi connectivity index (χ0n) is 58.1. The number of rotatable bonds is 8. The zero-order chi connectivity index (χ0) is 64.3. The highest BCUT2D eigenvalue weighted by Crippen LogP contribution is 2.51. The van der Waals surface area contributed by atoms with Crippen molar-refractivity contribution in [3.8, 4) is 40.2 Å². The van der Waals surface area contributed by atoms with Gasteiger partial charge in [0.05, 0.1) is 49.8 Å². The van der Waals surface area contributed by atoms with Crippen LogP contribution in [0.2, 0.25) is 0 Å². The van der Waals surface area contributed by atoms with Crippen LogP contribution in [0.25, 0.3) is 0 Å². The van der Waals surface area contributed by atoms with Gasteiger partial charge in [-0.05, 0) is 134 Å². The molecular formula is C80H104O7. The Balaban J connectivity index is 1.61. The Kier molecular flexibility index (Phi) is 18.7. The molecular weight excluding hydrogens is 1070 g/mol. The molecule has 7 nitrogen and oxygen atoms in total. The molecule has 0 unspecified atom stereocenters. The Bertz CT molecular complexity index is 3470. The molecule has 0 heterocycles. The smallest absolute Gasteiger partial charge is 0.126 e. The van der Waals surface area contributed by atoms with Crippen molar-refractivity contribution in [2.75, 3.05) is 49.8 Å². The van der Waals surface area contributed by atoms with Crippen molar-refractivity contribution in [1.82, 2.24) is 0 Å². The van der Waals surface area contributed by atoms with E-state index in [1.807, 2.05) is 42.7 Å².